The van der Waals surface area contributed by atoms with Gasteiger partial charge in [0.1, 0.15) is 25.8 Å². The summed E-state index contributed by atoms with van der Waals surface area (Å²) in [5.74, 6) is 0.0424. The summed E-state index contributed by atoms with van der Waals surface area (Å²) in [5, 5.41) is 2.75. The van der Waals surface area contributed by atoms with Crippen molar-refractivity contribution in [2.24, 2.45) is 0 Å². The first kappa shape index (κ1) is 27.0. The number of carbonyl (C=O) groups is 2. The SMILES string of the molecule is CCNC(=O)[C@H](C)N(Cc1ccccc1)C(=O)CN(c1ccc2c(c1)OCCO2)S(=O)(=O)c1ccccc1. The van der Waals surface area contributed by atoms with Crippen LogP contribution in [0.4, 0.5) is 5.69 Å². The maximum Gasteiger partial charge on any atom is 0.264 e. The van der Waals surface area contributed by atoms with E-state index in [2.05, 4.69) is 5.32 Å². The summed E-state index contributed by atoms with van der Waals surface area (Å²) in [5.41, 5.74) is 1.06. The van der Waals surface area contributed by atoms with Gasteiger partial charge in [0, 0.05) is 19.2 Å². The molecule has 0 unspecified atom stereocenters. The number of nitrogens with one attached hydrogen (secondary N) is 1. The molecule has 0 saturated carbocycles. The number of nitrogens with zero attached hydrogens (tertiary/aromatic N) is 2. The van der Waals surface area contributed by atoms with E-state index in [1.54, 1.807) is 50.2 Å². The topological polar surface area (TPSA) is 105 Å². The minimum absolute atomic E-state index is 0.0362. The van der Waals surface area contributed by atoms with Gasteiger partial charge < -0.3 is 19.7 Å². The summed E-state index contributed by atoms with van der Waals surface area (Å²) in [4.78, 5) is 28.0. The van der Waals surface area contributed by atoms with Crippen molar-refractivity contribution >= 4 is 27.5 Å². The number of amides is 2. The quantitative estimate of drug-likeness (QED) is 0.426. The van der Waals surface area contributed by atoms with Gasteiger partial charge in [0.15, 0.2) is 11.5 Å². The first-order valence-electron chi connectivity index (χ1n) is 12.4. The molecule has 1 aliphatic rings. The largest absolute Gasteiger partial charge is 0.486 e. The van der Waals surface area contributed by atoms with E-state index in [4.69, 9.17) is 9.47 Å². The molecule has 1 aliphatic heterocycles. The number of sulfonamides is 1. The highest BCUT2D eigenvalue weighted by atomic mass is 32.2. The lowest BCUT2D eigenvalue weighted by molar-refractivity contribution is -0.139. The highest BCUT2D eigenvalue weighted by Crippen LogP contribution is 2.36. The Morgan fingerprint density at radius 2 is 1.55 bits per heavy atom. The molecular weight excluding hydrogens is 506 g/mol. The molecule has 3 aromatic carbocycles. The number of fused-ring (bicyclic) bond motifs is 1. The van der Waals surface area contributed by atoms with Crippen molar-refractivity contribution < 1.29 is 27.5 Å². The number of likely N-dealkylation sites (N-methyl/N-ethyl adjacent to an activating group) is 1. The van der Waals surface area contributed by atoms with Gasteiger partial charge in [0.25, 0.3) is 10.0 Å². The molecule has 38 heavy (non-hydrogen) atoms. The zero-order valence-electron chi connectivity index (χ0n) is 21.4. The standard InChI is InChI=1S/C28H31N3O6S/c1-3-29-28(33)21(2)30(19-22-10-6-4-7-11-22)27(32)20-31(38(34,35)24-12-8-5-9-13-24)23-14-15-25-26(18-23)37-17-16-36-25/h4-15,18,21H,3,16-17,19-20H2,1-2H3,(H,29,33)/t21-/m0/s1. The van der Waals surface area contributed by atoms with Crippen LogP contribution in [0.1, 0.15) is 19.4 Å². The van der Waals surface area contributed by atoms with E-state index in [0.29, 0.717) is 31.3 Å². The van der Waals surface area contributed by atoms with E-state index in [9.17, 15) is 18.0 Å². The molecule has 0 aromatic heterocycles. The number of hydrogen-bond donors (Lipinski definition) is 1. The summed E-state index contributed by atoms with van der Waals surface area (Å²) < 4.78 is 39.9. The zero-order valence-corrected chi connectivity index (χ0v) is 22.2. The molecule has 1 N–H and O–H groups in total. The average Bonchev–Trinajstić information content (AvgIpc) is 2.95. The Morgan fingerprint density at radius 3 is 2.21 bits per heavy atom. The summed E-state index contributed by atoms with van der Waals surface area (Å²) in [7, 11) is -4.15. The van der Waals surface area contributed by atoms with E-state index < -0.39 is 28.5 Å². The van der Waals surface area contributed by atoms with Gasteiger partial charge in [0.2, 0.25) is 11.8 Å². The van der Waals surface area contributed by atoms with Crippen molar-refractivity contribution in [3.63, 3.8) is 0 Å². The van der Waals surface area contributed by atoms with Crippen LogP contribution in [0.5, 0.6) is 11.5 Å². The Balaban J connectivity index is 1.72. The minimum atomic E-state index is -4.15. The van der Waals surface area contributed by atoms with Gasteiger partial charge in [-0.25, -0.2) is 8.42 Å². The van der Waals surface area contributed by atoms with E-state index >= 15 is 0 Å². The monoisotopic (exact) mass is 537 g/mol. The first-order valence-corrected chi connectivity index (χ1v) is 13.8. The lowest BCUT2D eigenvalue weighted by Gasteiger charge is -2.32. The fourth-order valence-electron chi connectivity index (χ4n) is 4.12. The van der Waals surface area contributed by atoms with Crippen LogP contribution in [0.25, 0.3) is 0 Å². The predicted molar refractivity (Wildman–Crippen MR) is 144 cm³/mol. The van der Waals surface area contributed by atoms with Crippen LogP contribution in [-0.4, -0.2) is 57.5 Å². The number of rotatable bonds is 10. The molecule has 9 nitrogen and oxygen atoms in total. The van der Waals surface area contributed by atoms with Crippen LogP contribution in [0, 0.1) is 0 Å². The first-order chi connectivity index (χ1) is 18.3. The predicted octanol–water partition coefficient (Wildman–Crippen LogP) is 3.21. The van der Waals surface area contributed by atoms with Crippen molar-refractivity contribution in [2.45, 2.75) is 31.3 Å². The van der Waals surface area contributed by atoms with Crippen LogP contribution in [-0.2, 0) is 26.2 Å². The molecule has 0 bridgehead atoms. The van der Waals surface area contributed by atoms with Gasteiger partial charge in [0.05, 0.1) is 10.6 Å². The molecule has 2 amide bonds. The van der Waals surface area contributed by atoms with Gasteiger partial charge in [-0.05, 0) is 43.7 Å². The fraction of sp³-hybridized carbons (Fsp3) is 0.286. The Bertz CT molecular complexity index is 1370. The normalized spacial score (nSPS) is 13.3. The third-order valence-corrected chi connectivity index (χ3v) is 7.93. The lowest BCUT2D eigenvalue weighted by atomic mass is 10.1. The van der Waals surface area contributed by atoms with Crippen molar-refractivity contribution in [1.29, 1.82) is 0 Å². The molecule has 0 radical (unpaired) electrons. The van der Waals surface area contributed by atoms with E-state index in [1.807, 2.05) is 30.3 Å². The average molecular weight is 538 g/mol. The molecule has 0 saturated heterocycles. The van der Waals surface area contributed by atoms with E-state index in [0.717, 1.165) is 9.87 Å². The second kappa shape index (κ2) is 12.0. The van der Waals surface area contributed by atoms with Crippen molar-refractivity contribution in [3.8, 4) is 11.5 Å². The van der Waals surface area contributed by atoms with E-state index in [1.165, 1.54) is 17.0 Å². The number of anilines is 1. The molecule has 200 valence electrons. The summed E-state index contributed by atoms with van der Waals surface area (Å²) in [6.07, 6.45) is 0. The summed E-state index contributed by atoms with van der Waals surface area (Å²) in [6, 6.07) is 21.1. The maximum absolute atomic E-state index is 13.8. The molecule has 0 spiro atoms. The number of carbonyl (C=O) groups excluding carboxylic acids is 2. The van der Waals surface area contributed by atoms with Gasteiger partial charge >= 0.3 is 0 Å². The number of hydrogen-bond acceptors (Lipinski definition) is 6. The van der Waals surface area contributed by atoms with Crippen molar-refractivity contribution in [2.75, 3.05) is 30.6 Å². The second-order valence-corrected chi connectivity index (χ2v) is 10.6. The lowest BCUT2D eigenvalue weighted by Crippen LogP contribution is -2.51. The minimum Gasteiger partial charge on any atom is -0.486 e. The molecule has 4 rings (SSSR count). The molecule has 0 aliphatic carbocycles. The Kier molecular flexibility index (Phi) is 8.52. The molecule has 0 fully saturated rings. The van der Waals surface area contributed by atoms with Crippen LogP contribution >= 0.6 is 0 Å². The van der Waals surface area contributed by atoms with Crippen LogP contribution in [0.3, 0.4) is 0 Å². The van der Waals surface area contributed by atoms with Gasteiger partial charge in [-0.2, -0.15) is 0 Å². The molecule has 3 aromatic rings. The van der Waals surface area contributed by atoms with Gasteiger partial charge in [-0.3, -0.25) is 13.9 Å². The highest BCUT2D eigenvalue weighted by Gasteiger charge is 2.33. The third-order valence-electron chi connectivity index (χ3n) is 6.14. The highest BCUT2D eigenvalue weighted by molar-refractivity contribution is 7.92. The van der Waals surface area contributed by atoms with Crippen LogP contribution in [0.15, 0.2) is 83.8 Å². The number of ether oxygens (including phenoxy) is 2. The number of benzene rings is 3. The van der Waals surface area contributed by atoms with E-state index in [-0.39, 0.29) is 23.0 Å². The van der Waals surface area contributed by atoms with Crippen LogP contribution < -0.4 is 19.1 Å². The smallest absolute Gasteiger partial charge is 0.264 e. The summed E-state index contributed by atoms with van der Waals surface area (Å²) in [6.45, 7) is 4.17. The molecule has 1 atom stereocenters. The maximum atomic E-state index is 13.8. The van der Waals surface area contributed by atoms with Gasteiger partial charge in [-0.15, -0.1) is 0 Å². The fourth-order valence-corrected chi connectivity index (χ4v) is 5.55. The third kappa shape index (κ3) is 6.08. The molecular formula is C28H31N3O6S. The van der Waals surface area contributed by atoms with Crippen LogP contribution in [0.2, 0.25) is 0 Å². The molecule has 10 heteroatoms. The van der Waals surface area contributed by atoms with Crippen molar-refractivity contribution in [1.82, 2.24) is 10.2 Å². The Hall–Kier alpha value is -4.05. The van der Waals surface area contributed by atoms with Crippen molar-refractivity contribution in [3.05, 3.63) is 84.4 Å². The second-order valence-electron chi connectivity index (χ2n) is 8.73. The van der Waals surface area contributed by atoms with Gasteiger partial charge in [-0.1, -0.05) is 48.5 Å². The summed E-state index contributed by atoms with van der Waals surface area (Å²) >= 11 is 0. The zero-order chi connectivity index (χ0) is 27.1. The molecule has 1 heterocycles. The Morgan fingerprint density at radius 1 is 0.921 bits per heavy atom. The Labute approximate surface area is 223 Å².